The van der Waals surface area contributed by atoms with Crippen LogP contribution >= 0.6 is 0 Å². The van der Waals surface area contributed by atoms with E-state index in [-0.39, 0.29) is 11.8 Å². The first kappa shape index (κ1) is 39.3. The van der Waals surface area contributed by atoms with Crippen LogP contribution in [-0.4, -0.2) is 15.3 Å². The molecule has 2 heterocycles. The van der Waals surface area contributed by atoms with Crippen LogP contribution in [0.2, 0.25) is 0 Å². The SMILES string of the molecule is C=C(/C=C(\N=C(C)c1ccccc1)c1ccccc1)C1=CC(C2c3ccccc3-c3ccc4c5ccccc5n(-c5cccc(-c6cccc7nc(-c8ccccc8)oc67)c5)c4c32)CC=C1. The Morgan fingerprint density at radius 1 is 0.667 bits per heavy atom. The zero-order valence-electron chi connectivity index (χ0n) is 36.6. The fraction of sp³-hybridized carbons (Fsp3) is 0.0645. The molecule has 0 fully saturated rings. The van der Waals surface area contributed by atoms with Gasteiger partial charge in [-0.15, -0.1) is 0 Å². The van der Waals surface area contributed by atoms with Crippen LogP contribution in [0.25, 0.3) is 78.0 Å². The smallest absolute Gasteiger partial charge is 0.227 e. The van der Waals surface area contributed by atoms with Crippen LogP contribution in [0.15, 0.2) is 246 Å². The third kappa shape index (κ3) is 6.78. The van der Waals surface area contributed by atoms with Crippen LogP contribution in [0.3, 0.4) is 0 Å². The van der Waals surface area contributed by atoms with E-state index in [1.807, 2.05) is 48.5 Å². The lowest BCUT2D eigenvalue weighted by Crippen LogP contribution is -2.13. The average molecular weight is 848 g/mol. The molecule has 2 unspecified atom stereocenters. The predicted octanol–water partition coefficient (Wildman–Crippen LogP) is 16.0. The molecule has 314 valence electrons. The maximum absolute atomic E-state index is 6.55. The van der Waals surface area contributed by atoms with Gasteiger partial charge in [-0.05, 0) is 106 Å². The summed E-state index contributed by atoms with van der Waals surface area (Å²) in [7, 11) is 0. The Morgan fingerprint density at radius 3 is 2.20 bits per heavy atom. The van der Waals surface area contributed by atoms with E-state index >= 15 is 0 Å². The van der Waals surface area contributed by atoms with Crippen LogP contribution in [0.4, 0.5) is 0 Å². The number of hydrogen-bond acceptors (Lipinski definition) is 3. The molecule has 2 aliphatic rings. The zero-order valence-corrected chi connectivity index (χ0v) is 36.6. The average Bonchev–Trinajstić information content (AvgIpc) is 4.08. The van der Waals surface area contributed by atoms with E-state index in [4.69, 9.17) is 21.0 Å². The number of nitrogens with zero attached hydrogens (tertiary/aromatic N) is 3. The van der Waals surface area contributed by atoms with Crippen LogP contribution in [0, 0.1) is 5.92 Å². The number of hydrogen-bond donors (Lipinski definition) is 0. The normalized spacial score (nSPS) is 15.9. The highest BCUT2D eigenvalue weighted by Crippen LogP contribution is 2.54. The molecule has 2 aliphatic carbocycles. The second-order valence-corrected chi connectivity index (χ2v) is 17.3. The minimum Gasteiger partial charge on any atom is -0.435 e. The minimum atomic E-state index is 0.106. The van der Waals surface area contributed by atoms with Gasteiger partial charge in [0.2, 0.25) is 5.89 Å². The maximum atomic E-state index is 6.55. The fourth-order valence-corrected chi connectivity index (χ4v) is 10.3. The molecule has 8 aromatic carbocycles. The van der Waals surface area contributed by atoms with E-state index in [2.05, 4.69) is 181 Å². The molecule has 10 aromatic rings. The lowest BCUT2D eigenvalue weighted by atomic mass is 9.78. The Morgan fingerprint density at radius 2 is 1.36 bits per heavy atom. The number of rotatable bonds is 9. The first-order valence-corrected chi connectivity index (χ1v) is 22.7. The van der Waals surface area contributed by atoms with Gasteiger partial charge in [0.25, 0.3) is 0 Å². The van der Waals surface area contributed by atoms with E-state index in [1.54, 1.807) is 0 Å². The first-order valence-electron chi connectivity index (χ1n) is 22.7. The summed E-state index contributed by atoms with van der Waals surface area (Å²) in [6.07, 6.45) is 10.1. The summed E-state index contributed by atoms with van der Waals surface area (Å²) in [5.41, 5.74) is 19.6. The number of fused-ring (bicyclic) bond motifs is 8. The number of aromatic nitrogens is 2. The Bertz CT molecular complexity index is 3640. The van der Waals surface area contributed by atoms with Crippen molar-refractivity contribution in [3.8, 4) is 39.4 Å². The van der Waals surface area contributed by atoms with E-state index in [0.717, 1.165) is 73.6 Å². The van der Waals surface area contributed by atoms with Gasteiger partial charge < -0.3 is 8.98 Å². The second kappa shape index (κ2) is 16.3. The molecule has 4 nitrogen and oxygen atoms in total. The molecule has 66 heavy (non-hydrogen) atoms. The van der Waals surface area contributed by atoms with Crippen molar-refractivity contribution in [2.24, 2.45) is 10.9 Å². The predicted molar refractivity (Wildman–Crippen MR) is 274 cm³/mol. The molecule has 12 rings (SSSR count). The lowest BCUT2D eigenvalue weighted by molar-refractivity contribution is 0.581. The van der Waals surface area contributed by atoms with Crippen molar-refractivity contribution < 1.29 is 4.42 Å². The van der Waals surface area contributed by atoms with Gasteiger partial charge >= 0.3 is 0 Å². The van der Waals surface area contributed by atoms with Crippen molar-refractivity contribution in [1.82, 2.24) is 9.55 Å². The second-order valence-electron chi connectivity index (χ2n) is 17.3. The summed E-state index contributed by atoms with van der Waals surface area (Å²) in [6.45, 7) is 6.77. The van der Waals surface area contributed by atoms with Crippen molar-refractivity contribution in [2.75, 3.05) is 0 Å². The van der Waals surface area contributed by atoms with Crippen molar-refractivity contribution in [2.45, 2.75) is 19.3 Å². The number of para-hydroxylation sites is 2. The topological polar surface area (TPSA) is 43.3 Å². The molecule has 0 radical (unpaired) electrons. The summed E-state index contributed by atoms with van der Waals surface area (Å²) >= 11 is 0. The highest BCUT2D eigenvalue weighted by Gasteiger charge is 2.37. The van der Waals surface area contributed by atoms with Crippen LogP contribution in [0.1, 0.15) is 41.5 Å². The summed E-state index contributed by atoms with van der Waals surface area (Å²) in [5, 5.41) is 2.48. The molecule has 2 atom stereocenters. The monoisotopic (exact) mass is 847 g/mol. The molecule has 2 aromatic heterocycles. The Balaban J connectivity index is 0.997. The number of benzene rings is 8. The molecular weight excluding hydrogens is 803 g/mol. The highest BCUT2D eigenvalue weighted by molar-refractivity contribution is 6.13. The van der Waals surface area contributed by atoms with Crippen LogP contribution < -0.4 is 0 Å². The Labute approximate surface area is 384 Å². The number of aliphatic imine (C=N–C) groups is 1. The van der Waals surface area contributed by atoms with E-state index in [0.29, 0.717) is 5.89 Å². The van der Waals surface area contributed by atoms with Gasteiger partial charge in [-0.2, -0.15) is 0 Å². The van der Waals surface area contributed by atoms with Gasteiger partial charge in [0.1, 0.15) is 5.52 Å². The Kier molecular flexibility index (Phi) is 9.72. The summed E-state index contributed by atoms with van der Waals surface area (Å²) < 4.78 is 9.05. The van der Waals surface area contributed by atoms with Gasteiger partial charge in [0.05, 0.1) is 16.7 Å². The largest absolute Gasteiger partial charge is 0.435 e. The van der Waals surface area contributed by atoms with Crippen molar-refractivity contribution in [3.63, 3.8) is 0 Å². The van der Waals surface area contributed by atoms with E-state index in [9.17, 15) is 0 Å². The number of allylic oxidation sites excluding steroid dienone is 6. The lowest BCUT2D eigenvalue weighted by Gasteiger charge is -2.26. The molecule has 0 spiro atoms. The van der Waals surface area contributed by atoms with Crippen LogP contribution in [-0.2, 0) is 0 Å². The molecule has 0 saturated carbocycles. The molecular formula is C62H45N3O. The molecule has 0 aliphatic heterocycles. The molecule has 0 saturated heterocycles. The van der Waals surface area contributed by atoms with Gasteiger partial charge in [0.15, 0.2) is 5.58 Å². The molecule has 0 N–H and O–H groups in total. The quantitative estimate of drug-likeness (QED) is 0.107. The standard InChI is InChI=1S/C62H45N3O/c1-40(37-56(43-21-8-4-9-22-43)63-41(2)42-19-6-3-7-20-42)45-25-16-27-47(38-45)58-52-31-13-12-29-50(52)53-35-36-54-51-30-14-15-34-57(51)65(60(54)59(53)58)48-28-17-26-46(39-48)49-32-18-33-55-61(49)66-62(64-55)44-23-10-5-11-24-44/h3-26,28-39,47,58H,1,27H2,2H3/b56-37-,63-41?. The van der Waals surface area contributed by atoms with Crippen molar-refractivity contribution in [1.29, 1.82) is 0 Å². The minimum absolute atomic E-state index is 0.106. The van der Waals surface area contributed by atoms with Crippen LogP contribution in [0.5, 0.6) is 0 Å². The highest BCUT2D eigenvalue weighted by atomic mass is 16.3. The Hall–Kier alpha value is -8.34. The van der Waals surface area contributed by atoms with E-state index < -0.39 is 0 Å². The van der Waals surface area contributed by atoms with Gasteiger partial charge in [0, 0.05) is 44.8 Å². The van der Waals surface area contributed by atoms with Crippen molar-refractivity contribution in [3.05, 3.63) is 258 Å². The van der Waals surface area contributed by atoms with Gasteiger partial charge in [-0.25, -0.2) is 4.98 Å². The summed E-state index contributed by atoms with van der Waals surface area (Å²) in [5.74, 6) is 0.906. The van der Waals surface area contributed by atoms with E-state index in [1.165, 1.54) is 44.1 Å². The third-order valence-electron chi connectivity index (χ3n) is 13.4. The molecule has 0 amide bonds. The number of oxazole rings is 1. The summed E-state index contributed by atoms with van der Waals surface area (Å²) in [6, 6.07) is 68.6. The van der Waals surface area contributed by atoms with Gasteiger partial charge in [-0.3, -0.25) is 4.99 Å². The zero-order chi connectivity index (χ0) is 44.1. The third-order valence-corrected chi connectivity index (χ3v) is 13.4. The molecule has 4 heteroatoms. The maximum Gasteiger partial charge on any atom is 0.227 e. The van der Waals surface area contributed by atoms with Gasteiger partial charge in [-0.1, -0.05) is 183 Å². The summed E-state index contributed by atoms with van der Waals surface area (Å²) in [4.78, 5) is 10.1. The first-order chi connectivity index (χ1) is 32.6. The molecule has 0 bridgehead atoms. The van der Waals surface area contributed by atoms with Crippen molar-refractivity contribution >= 4 is 44.3 Å². The fourth-order valence-electron chi connectivity index (χ4n) is 10.3.